The molecule has 4 rings (SSSR count). The molecule has 0 bridgehead atoms. The third-order valence-corrected chi connectivity index (χ3v) is 4.94. The lowest BCUT2D eigenvalue weighted by Crippen LogP contribution is -2.14. The molecule has 2 aromatic carbocycles. The summed E-state index contributed by atoms with van der Waals surface area (Å²) in [5.41, 5.74) is 1.95. The number of nitro benzene ring substituents is 1. The van der Waals surface area contributed by atoms with Gasteiger partial charge in [0.25, 0.3) is 5.69 Å². The summed E-state index contributed by atoms with van der Waals surface area (Å²) < 4.78 is 10.5. The van der Waals surface area contributed by atoms with E-state index in [9.17, 15) is 14.9 Å². The molecule has 0 fully saturated rings. The Hall–Kier alpha value is -3.66. The summed E-state index contributed by atoms with van der Waals surface area (Å²) >= 11 is 1.25. The van der Waals surface area contributed by atoms with Crippen LogP contribution < -0.4 is 14.8 Å². The van der Waals surface area contributed by atoms with Gasteiger partial charge in [0.15, 0.2) is 11.5 Å². The topological polar surface area (TPSA) is 116 Å². The first-order valence-corrected chi connectivity index (χ1v) is 9.48. The number of hydrogen-bond acceptors (Lipinski definition) is 8. The van der Waals surface area contributed by atoms with Crippen LogP contribution in [-0.4, -0.2) is 33.6 Å². The number of benzene rings is 2. The molecule has 29 heavy (non-hydrogen) atoms. The summed E-state index contributed by atoms with van der Waals surface area (Å²) in [6, 6.07) is 14.8. The highest BCUT2D eigenvalue weighted by Crippen LogP contribution is 2.34. The van der Waals surface area contributed by atoms with Crippen LogP contribution in [0.4, 0.5) is 11.4 Å². The van der Waals surface area contributed by atoms with Gasteiger partial charge in [-0.1, -0.05) is 11.8 Å². The van der Waals surface area contributed by atoms with Crippen molar-refractivity contribution in [1.82, 2.24) is 10.2 Å². The number of rotatable bonds is 6. The number of nitrogens with zero attached hydrogens (tertiary/aromatic N) is 3. The molecule has 10 heteroatoms. The Labute approximate surface area is 169 Å². The molecule has 0 atom stereocenters. The van der Waals surface area contributed by atoms with Crippen LogP contribution in [0.3, 0.4) is 0 Å². The van der Waals surface area contributed by atoms with E-state index in [1.54, 1.807) is 42.5 Å². The summed E-state index contributed by atoms with van der Waals surface area (Å²) in [7, 11) is 0. The van der Waals surface area contributed by atoms with Crippen LogP contribution in [0.5, 0.6) is 11.5 Å². The Morgan fingerprint density at radius 2 is 1.86 bits per heavy atom. The zero-order chi connectivity index (χ0) is 20.2. The minimum absolute atomic E-state index is 0.0161. The van der Waals surface area contributed by atoms with E-state index in [0.717, 1.165) is 5.56 Å². The Balaban J connectivity index is 1.33. The molecule has 9 nitrogen and oxygen atoms in total. The van der Waals surface area contributed by atoms with E-state index in [4.69, 9.17) is 9.47 Å². The second-order valence-electron chi connectivity index (χ2n) is 5.97. The summed E-state index contributed by atoms with van der Waals surface area (Å²) in [5, 5.41) is 22.3. The first-order valence-electron chi connectivity index (χ1n) is 8.49. The van der Waals surface area contributed by atoms with E-state index in [1.165, 1.54) is 23.9 Å². The van der Waals surface area contributed by atoms with Gasteiger partial charge >= 0.3 is 0 Å². The number of non-ortho nitro benzene ring substituents is 1. The normalized spacial score (nSPS) is 11.9. The lowest BCUT2D eigenvalue weighted by Gasteiger charge is -2.06. The molecule has 3 aromatic rings. The van der Waals surface area contributed by atoms with Crippen LogP contribution in [0.15, 0.2) is 59.6 Å². The summed E-state index contributed by atoms with van der Waals surface area (Å²) in [6.07, 6.45) is 0. The molecule has 0 radical (unpaired) electrons. The monoisotopic (exact) mass is 410 g/mol. The number of amides is 1. The van der Waals surface area contributed by atoms with Crippen molar-refractivity contribution >= 4 is 29.0 Å². The number of nitrogens with one attached hydrogen (secondary N) is 1. The van der Waals surface area contributed by atoms with E-state index < -0.39 is 4.92 Å². The standard InChI is InChI=1S/C19H14N4O5S/c24-18(20-13-3-7-16-17(9-13)28-11-27-16)10-29-19-8-6-15(21-22-19)12-1-4-14(5-2-12)23(25)26/h1-9H,10-11H2,(H,20,24). The van der Waals surface area contributed by atoms with Crippen LogP contribution in [0.1, 0.15) is 0 Å². The minimum Gasteiger partial charge on any atom is -0.454 e. The highest BCUT2D eigenvalue weighted by atomic mass is 32.2. The summed E-state index contributed by atoms with van der Waals surface area (Å²) in [6.45, 7) is 0.178. The number of thioether (sulfide) groups is 1. The van der Waals surface area contributed by atoms with E-state index in [1.807, 2.05) is 0 Å². The van der Waals surface area contributed by atoms with Crippen LogP contribution >= 0.6 is 11.8 Å². The maximum atomic E-state index is 12.2. The van der Waals surface area contributed by atoms with Gasteiger partial charge < -0.3 is 14.8 Å². The van der Waals surface area contributed by atoms with Gasteiger partial charge in [0, 0.05) is 29.4 Å². The molecular weight excluding hydrogens is 396 g/mol. The fourth-order valence-electron chi connectivity index (χ4n) is 2.62. The Morgan fingerprint density at radius 3 is 2.59 bits per heavy atom. The van der Waals surface area contributed by atoms with Gasteiger partial charge in [0.1, 0.15) is 5.03 Å². The highest BCUT2D eigenvalue weighted by Gasteiger charge is 2.14. The Morgan fingerprint density at radius 1 is 1.07 bits per heavy atom. The smallest absolute Gasteiger partial charge is 0.269 e. The molecule has 0 unspecified atom stereocenters. The summed E-state index contributed by atoms with van der Waals surface area (Å²) in [4.78, 5) is 22.4. The number of aromatic nitrogens is 2. The number of fused-ring (bicyclic) bond motifs is 1. The van der Waals surface area contributed by atoms with Crippen molar-refractivity contribution in [3.63, 3.8) is 0 Å². The zero-order valence-electron chi connectivity index (χ0n) is 14.9. The van der Waals surface area contributed by atoms with Gasteiger partial charge in [-0.25, -0.2) is 0 Å². The van der Waals surface area contributed by atoms with Gasteiger partial charge in [-0.3, -0.25) is 14.9 Å². The third-order valence-electron chi connectivity index (χ3n) is 4.02. The molecule has 1 aliphatic rings. The SMILES string of the molecule is O=C(CSc1ccc(-c2ccc([N+](=O)[O-])cc2)nn1)Nc1ccc2c(c1)OCO2. The van der Waals surface area contributed by atoms with Crippen LogP contribution in [0.2, 0.25) is 0 Å². The van der Waals surface area contributed by atoms with E-state index in [2.05, 4.69) is 15.5 Å². The molecule has 1 N–H and O–H groups in total. The van der Waals surface area contributed by atoms with E-state index in [0.29, 0.717) is 27.9 Å². The largest absolute Gasteiger partial charge is 0.454 e. The van der Waals surface area contributed by atoms with Crippen LogP contribution in [-0.2, 0) is 4.79 Å². The number of anilines is 1. The second-order valence-corrected chi connectivity index (χ2v) is 6.96. The number of carbonyl (C=O) groups is 1. The molecule has 2 heterocycles. The van der Waals surface area contributed by atoms with Gasteiger partial charge in [-0.05, 0) is 36.4 Å². The van der Waals surface area contributed by atoms with E-state index >= 15 is 0 Å². The van der Waals surface area contributed by atoms with Crippen molar-refractivity contribution in [2.45, 2.75) is 5.03 Å². The van der Waals surface area contributed by atoms with Gasteiger partial charge in [-0.15, -0.1) is 10.2 Å². The van der Waals surface area contributed by atoms with Crippen molar-refractivity contribution in [3.05, 3.63) is 64.7 Å². The molecule has 0 saturated carbocycles. The molecule has 1 amide bonds. The third kappa shape index (κ3) is 4.43. The van der Waals surface area contributed by atoms with Crippen molar-refractivity contribution in [3.8, 4) is 22.8 Å². The van der Waals surface area contributed by atoms with Crippen LogP contribution in [0, 0.1) is 10.1 Å². The van der Waals surface area contributed by atoms with Crippen LogP contribution in [0.25, 0.3) is 11.3 Å². The van der Waals surface area contributed by atoms with Gasteiger partial charge in [-0.2, -0.15) is 0 Å². The van der Waals surface area contributed by atoms with Gasteiger partial charge in [0.2, 0.25) is 12.7 Å². The van der Waals surface area contributed by atoms with E-state index in [-0.39, 0.29) is 24.1 Å². The van der Waals surface area contributed by atoms with Crippen molar-refractivity contribution in [1.29, 1.82) is 0 Å². The fraction of sp³-hybridized carbons (Fsp3) is 0.105. The second kappa shape index (κ2) is 8.15. The average molecular weight is 410 g/mol. The molecule has 1 aliphatic heterocycles. The summed E-state index contributed by atoms with van der Waals surface area (Å²) in [5.74, 6) is 1.24. The lowest BCUT2D eigenvalue weighted by atomic mass is 10.1. The first-order chi connectivity index (χ1) is 14.1. The first kappa shape index (κ1) is 18.7. The number of hydrogen-bond donors (Lipinski definition) is 1. The molecule has 0 spiro atoms. The maximum absolute atomic E-state index is 12.2. The molecule has 1 aromatic heterocycles. The predicted molar refractivity (Wildman–Crippen MR) is 106 cm³/mol. The van der Waals surface area contributed by atoms with Crippen molar-refractivity contribution < 1.29 is 19.2 Å². The quantitative estimate of drug-likeness (QED) is 0.373. The number of nitro groups is 1. The number of carbonyl (C=O) groups excluding carboxylic acids is 1. The highest BCUT2D eigenvalue weighted by molar-refractivity contribution is 7.99. The van der Waals surface area contributed by atoms with Gasteiger partial charge in [0.05, 0.1) is 16.4 Å². The lowest BCUT2D eigenvalue weighted by molar-refractivity contribution is -0.384. The average Bonchev–Trinajstić information content (AvgIpc) is 3.20. The number of ether oxygens (including phenoxy) is 2. The molecule has 0 aliphatic carbocycles. The Bertz CT molecular complexity index is 1060. The fourth-order valence-corrected chi connectivity index (χ4v) is 3.23. The van der Waals surface area contributed by atoms with Crippen molar-refractivity contribution in [2.24, 2.45) is 0 Å². The maximum Gasteiger partial charge on any atom is 0.269 e. The Kier molecular flexibility index (Phi) is 5.25. The zero-order valence-corrected chi connectivity index (χ0v) is 15.7. The molecular formula is C19H14N4O5S. The molecule has 0 saturated heterocycles. The molecule has 146 valence electrons. The van der Waals surface area contributed by atoms with Crippen molar-refractivity contribution in [2.75, 3.05) is 17.9 Å². The predicted octanol–water partition coefficient (Wildman–Crippen LogP) is 3.51. The minimum atomic E-state index is -0.455.